The molecular formula is C17H21N3O2. The lowest BCUT2D eigenvalue weighted by atomic mass is 9.76. The summed E-state index contributed by atoms with van der Waals surface area (Å²) in [5.74, 6) is 1.29. The maximum atomic E-state index is 12.2. The third kappa shape index (κ3) is 2.89. The zero-order valence-electron chi connectivity index (χ0n) is 13.1. The van der Waals surface area contributed by atoms with Crippen molar-refractivity contribution in [2.24, 2.45) is 0 Å². The first-order valence-corrected chi connectivity index (χ1v) is 7.75. The van der Waals surface area contributed by atoms with Gasteiger partial charge in [-0.1, -0.05) is 44.2 Å². The molecule has 1 aliphatic heterocycles. The predicted octanol–water partition coefficient (Wildman–Crippen LogP) is 2.71. The maximum Gasteiger partial charge on any atom is 0.235 e. The van der Waals surface area contributed by atoms with E-state index >= 15 is 0 Å². The molecule has 1 aromatic heterocycles. The van der Waals surface area contributed by atoms with Crippen LogP contribution in [0.4, 0.5) is 0 Å². The van der Waals surface area contributed by atoms with Crippen LogP contribution in [-0.2, 0) is 23.2 Å². The van der Waals surface area contributed by atoms with E-state index in [1.807, 2.05) is 30.0 Å². The summed E-state index contributed by atoms with van der Waals surface area (Å²) in [4.78, 5) is 14.1. The Morgan fingerprint density at radius 2 is 1.95 bits per heavy atom. The standard InChI is InChI=1S/C17H21N3O2/c1-3-14-18-19-15(22-14)11-20-12-17(2,10-9-16(20)21)13-7-5-4-6-8-13/h4-8H,3,9-12H2,1-2H3. The van der Waals surface area contributed by atoms with E-state index < -0.39 is 0 Å². The lowest BCUT2D eigenvalue weighted by molar-refractivity contribution is -0.136. The number of hydrogen-bond acceptors (Lipinski definition) is 4. The molecule has 2 heterocycles. The number of likely N-dealkylation sites (tertiary alicyclic amines) is 1. The van der Waals surface area contributed by atoms with Crippen LogP contribution in [0.15, 0.2) is 34.7 Å². The molecule has 0 bridgehead atoms. The zero-order valence-corrected chi connectivity index (χ0v) is 13.1. The van der Waals surface area contributed by atoms with E-state index in [1.54, 1.807) is 0 Å². The molecule has 5 heteroatoms. The minimum absolute atomic E-state index is 0.0250. The minimum Gasteiger partial charge on any atom is -0.423 e. The van der Waals surface area contributed by atoms with E-state index in [-0.39, 0.29) is 11.3 Å². The van der Waals surface area contributed by atoms with Crippen molar-refractivity contribution in [3.05, 3.63) is 47.7 Å². The lowest BCUT2D eigenvalue weighted by Crippen LogP contribution is -2.47. The summed E-state index contributed by atoms with van der Waals surface area (Å²) < 4.78 is 5.54. The number of nitrogens with zero attached hydrogens (tertiary/aromatic N) is 3. The van der Waals surface area contributed by atoms with Crippen molar-refractivity contribution in [2.45, 2.75) is 45.1 Å². The number of aromatic nitrogens is 2. The first-order chi connectivity index (χ1) is 10.6. The third-order valence-corrected chi connectivity index (χ3v) is 4.39. The second-order valence-corrected chi connectivity index (χ2v) is 6.12. The van der Waals surface area contributed by atoms with E-state index in [2.05, 4.69) is 29.3 Å². The average Bonchev–Trinajstić information content (AvgIpc) is 3.00. The van der Waals surface area contributed by atoms with Crippen molar-refractivity contribution in [3.63, 3.8) is 0 Å². The van der Waals surface area contributed by atoms with Gasteiger partial charge in [0.05, 0.1) is 6.54 Å². The lowest BCUT2D eigenvalue weighted by Gasteiger charge is -2.40. The zero-order chi connectivity index (χ0) is 15.6. The van der Waals surface area contributed by atoms with Crippen LogP contribution in [0.2, 0.25) is 0 Å². The van der Waals surface area contributed by atoms with E-state index in [0.29, 0.717) is 37.7 Å². The number of aryl methyl sites for hydroxylation is 1. The van der Waals surface area contributed by atoms with Crippen molar-refractivity contribution in [1.29, 1.82) is 0 Å². The Hall–Kier alpha value is -2.17. The molecule has 5 nitrogen and oxygen atoms in total. The van der Waals surface area contributed by atoms with E-state index in [1.165, 1.54) is 5.56 Å². The third-order valence-electron chi connectivity index (χ3n) is 4.39. The molecule has 1 aliphatic rings. The van der Waals surface area contributed by atoms with Crippen LogP contribution in [0.1, 0.15) is 44.0 Å². The molecule has 1 aromatic carbocycles. The monoisotopic (exact) mass is 299 g/mol. The van der Waals surface area contributed by atoms with Crippen molar-refractivity contribution < 1.29 is 9.21 Å². The molecular weight excluding hydrogens is 278 g/mol. The van der Waals surface area contributed by atoms with Crippen LogP contribution >= 0.6 is 0 Å². The van der Waals surface area contributed by atoms with Crippen LogP contribution < -0.4 is 0 Å². The molecule has 0 radical (unpaired) electrons. The highest BCUT2D eigenvalue weighted by Gasteiger charge is 2.36. The van der Waals surface area contributed by atoms with Crippen LogP contribution in [0, 0.1) is 0 Å². The number of carbonyl (C=O) groups is 1. The van der Waals surface area contributed by atoms with Gasteiger partial charge in [-0.2, -0.15) is 0 Å². The molecule has 1 atom stereocenters. The molecule has 1 fully saturated rings. The summed E-state index contributed by atoms with van der Waals surface area (Å²) in [6.07, 6.45) is 2.14. The SMILES string of the molecule is CCc1nnc(CN2CC(C)(c3ccccc3)CCC2=O)o1. The molecule has 0 spiro atoms. The highest BCUT2D eigenvalue weighted by molar-refractivity contribution is 5.77. The number of benzene rings is 1. The minimum atomic E-state index is -0.0250. The summed E-state index contributed by atoms with van der Waals surface area (Å²) in [6.45, 7) is 5.26. The Balaban J connectivity index is 1.77. The largest absolute Gasteiger partial charge is 0.423 e. The van der Waals surface area contributed by atoms with Crippen LogP contribution in [0.5, 0.6) is 0 Å². The van der Waals surface area contributed by atoms with Crippen molar-refractivity contribution in [3.8, 4) is 0 Å². The van der Waals surface area contributed by atoms with Crippen molar-refractivity contribution >= 4 is 5.91 Å². The molecule has 0 saturated carbocycles. The fraction of sp³-hybridized carbons (Fsp3) is 0.471. The summed E-state index contributed by atoms with van der Waals surface area (Å²) >= 11 is 0. The summed E-state index contributed by atoms with van der Waals surface area (Å²) in [5.41, 5.74) is 1.25. The van der Waals surface area contributed by atoms with E-state index in [4.69, 9.17) is 4.42 Å². The molecule has 1 amide bonds. The van der Waals surface area contributed by atoms with E-state index in [9.17, 15) is 4.79 Å². The molecule has 0 N–H and O–H groups in total. The molecule has 22 heavy (non-hydrogen) atoms. The fourth-order valence-electron chi connectivity index (χ4n) is 3.01. The normalized spacial score (nSPS) is 22.1. The quantitative estimate of drug-likeness (QED) is 0.871. The smallest absolute Gasteiger partial charge is 0.235 e. The molecule has 1 saturated heterocycles. The van der Waals surface area contributed by atoms with Gasteiger partial charge in [-0.05, 0) is 12.0 Å². The predicted molar refractivity (Wildman–Crippen MR) is 82.1 cm³/mol. The number of hydrogen-bond donors (Lipinski definition) is 0. The molecule has 116 valence electrons. The van der Waals surface area contributed by atoms with Gasteiger partial charge in [0.25, 0.3) is 0 Å². The summed E-state index contributed by atoms with van der Waals surface area (Å²) in [6, 6.07) is 10.4. The van der Waals surface area contributed by atoms with Gasteiger partial charge < -0.3 is 9.32 Å². The topological polar surface area (TPSA) is 59.2 Å². The summed E-state index contributed by atoms with van der Waals surface area (Å²) in [5, 5.41) is 7.99. The number of rotatable bonds is 4. The van der Waals surface area contributed by atoms with Gasteiger partial charge in [-0.3, -0.25) is 4.79 Å². The Kier molecular flexibility index (Phi) is 3.96. The van der Waals surface area contributed by atoms with Gasteiger partial charge in [-0.15, -0.1) is 10.2 Å². The van der Waals surface area contributed by atoms with Crippen LogP contribution in [-0.4, -0.2) is 27.5 Å². The first kappa shape index (κ1) is 14.8. The maximum absolute atomic E-state index is 12.2. The molecule has 3 rings (SSSR count). The summed E-state index contributed by atoms with van der Waals surface area (Å²) in [7, 11) is 0. The number of amides is 1. The highest BCUT2D eigenvalue weighted by atomic mass is 16.4. The average molecular weight is 299 g/mol. The fourth-order valence-corrected chi connectivity index (χ4v) is 3.01. The van der Waals surface area contributed by atoms with Gasteiger partial charge in [0.2, 0.25) is 17.7 Å². The van der Waals surface area contributed by atoms with Gasteiger partial charge in [0, 0.05) is 24.8 Å². The Labute approximate surface area is 130 Å². The number of carbonyl (C=O) groups excluding carboxylic acids is 1. The van der Waals surface area contributed by atoms with Crippen LogP contribution in [0.25, 0.3) is 0 Å². The van der Waals surface area contributed by atoms with Crippen molar-refractivity contribution in [1.82, 2.24) is 15.1 Å². The van der Waals surface area contributed by atoms with Gasteiger partial charge >= 0.3 is 0 Å². The Bertz CT molecular complexity index is 653. The van der Waals surface area contributed by atoms with Gasteiger partial charge in [0.1, 0.15) is 0 Å². The second kappa shape index (κ2) is 5.91. The van der Waals surface area contributed by atoms with Crippen LogP contribution in [0.3, 0.4) is 0 Å². The highest BCUT2D eigenvalue weighted by Crippen LogP contribution is 2.34. The van der Waals surface area contributed by atoms with E-state index in [0.717, 1.165) is 6.42 Å². The molecule has 2 aromatic rings. The molecule has 1 unspecified atom stereocenters. The second-order valence-electron chi connectivity index (χ2n) is 6.12. The first-order valence-electron chi connectivity index (χ1n) is 7.75. The Morgan fingerprint density at radius 3 is 2.64 bits per heavy atom. The Morgan fingerprint density at radius 1 is 1.23 bits per heavy atom. The van der Waals surface area contributed by atoms with Gasteiger partial charge in [-0.25, -0.2) is 0 Å². The number of piperidine rings is 1. The molecule has 0 aliphatic carbocycles. The van der Waals surface area contributed by atoms with Gasteiger partial charge in [0.15, 0.2) is 0 Å². The van der Waals surface area contributed by atoms with Crippen molar-refractivity contribution in [2.75, 3.05) is 6.54 Å².